The normalized spacial score (nSPS) is 13.4. The lowest BCUT2D eigenvalue weighted by molar-refractivity contribution is -0.424. The van der Waals surface area contributed by atoms with Gasteiger partial charge in [-0.2, -0.15) is 48.3 Å². The largest absolute Gasteiger partial charge is 0.494 e. The zero-order valence-electron chi connectivity index (χ0n) is 22.6. The molecule has 15 heteroatoms. The second-order valence-electron chi connectivity index (χ2n) is 9.64. The van der Waals surface area contributed by atoms with Crippen LogP contribution >= 0.6 is 0 Å². The number of benzene rings is 1. The highest BCUT2D eigenvalue weighted by atomic mass is 19.4. The number of hydrogen-bond acceptors (Lipinski definition) is 4. The molecule has 2 aromatic rings. The van der Waals surface area contributed by atoms with Crippen LogP contribution in [0.3, 0.4) is 0 Å². The van der Waals surface area contributed by atoms with Gasteiger partial charge in [-0.05, 0) is 42.7 Å². The number of nitrogens with zero attached hydrogens (tertiary/aromatic N) is 2. The average molecular weight is 625 g/mol. The van der Waals surface area contributed by atoms with Gasteiger partial charge in [-0.15, -0.1) is 0 Å². The molecule has 238 valence electrons. The summed E-state index contributed by atoms with van der Waals surface area (Å²) in [5.41, 5.74) is 1.69. The Bertz CT molecular complexity index is 1080. The molecule has 0 aliphatic heterocycles. The van der Waals surface area contributed by atoms with Gasteiger partial charge in [-0.3, -0.25) is 0 Å². The number of ether oxygens (including phenoxy) is 2. The predicted octanol–water partition coefficient (Wildman–Crippen LogP) is 8.94. The molecule has 0 atom stereocenters. The van der Waals surface area contributed by atoms with E-state index < -0.39 is 43.1 Å². The molecule has 1 aromatic carbocycles. The fourth-order valence-electron chi connectivity index (χ4n) is 3.69. The summed E-state index contributed by atoms with van der Waals surface area (Å²) >= 11 is 0. The Kier molecular flexibility index (Phi) is 12.4. The minimum atomic E-state index is -7.44. The van der Waals surface area contributed by atoms with Crippen LogP contribution in [-0.4, -0.2) is 59.7 Å². The van der Waals surface area contributed by atoms with E-state index in [1.807, 2.05) is 0 Å². The summed E-state index contributed by atoms with van der Waals surface area (Å²) in [6.07, 6.45) is 3.99. The maximum Gasteiger partial charge on any atom is 0.460 e. The van der Waals surface area contributed by atoms with Crippen LogP contribution in [0.4, 0.5) is 48.3 Å². The maximum absolute atomic E-state index is 13.6. The summed E-state index contributed by atoms with van der Waals surface area (Å²) in [6, 6.07) is 6.38. The van der Waals surface area contributed by atoms with Crippen molar-refractivity contribution in [1.82, 2.24) is 9.97 Å². The third-order valence-electron chi connectivity index (χ3n) is 6.23. The smallest absolute Gasteiger partial charge is 0.460 e. The lowest BCUT2D eigenvalue weighted by Crippen LogP contribution is -2.67. The second kappa shape index (κ2) is 14.6. The van der Waals surface area contributed by atoms with Gasteiger partial charge in [0.2, 0.25) is 0 Å². The van der Waals surface area contributed by atoms with Crippen LogP contribution < -0.4 is 4.74 Å². The lowest BCUT2D eigenvalue weighted by atomic mass is 9.98. The van der Waals surface area contributed by atoms with Crippen molar-refractivity contribution >= 4 is 0 Å². The first kappa shape index (κ1) is 35.5. The van der Waals surface area contributed by atoms with Crippen LogP contribution in [0.25, 0.3) is 11.4 Å². The molecule has 2 rings (SSSR count). The van der Waals surface area contributed by atoms with Crippen LogP contribution in [-0.2, 0) is 11.2 Å². The van der Waals surface area contributed by atoms with Gasteiger partial charge in [0.25, 0.3) is 0 Å². The van der Waals surface area contributed by atoms with Crippen molar-refractivity contribution in [2.75, 3.05) is 19.8 Å². The van der Waals surface area contributed by atoms with E-state index in [2.05, 4.69) is 21.6 Å². The quantitative estimate of drug-likeness (QED) is 0.123. The van der Waals surface area contributed by atoms with E-state index in [1.165, 1.54) is 25.7 Å². The molecule has 0 saturated heterocycles. The average Bonchev–Trinajstić information content (AvgIpc) is 2.92. The molecule has 0 aliphatic rings. The number of unbranched alkanes of at least 4 members (excludes halogenated alkanes) is 5. The second-order valence-corrected chi connectivity index (χ2v) is 9.64. The molecule has 0 aliphatic carbocycles. The highest BCUT2D eigenvalue weighted by Gasteiger charge is 2.87. The number of aromatic nitrogens is 2. The SMILES string of the molecule is CCCCCCCCc1cnc(-c2ccc(OCCCOCC(F)(F)C(F)(F)C(F)(F)C(F)(F)C(F)(F)F)cc2)nc1. The fraction of sp³-hybridized carbons (Fsp3) is 0.630. The van der Waals surface area contributed by atoms with Crippen molar-refractivity contribution in [3.05, 3.63) is 42.2 Å². The highest BCUT2D eigenvalue weighted by molar-refractivity contribution is 5.55. The molecule has 1 aromatic heterocycles. The van der Waals surface area contributed by atoms with Crippen molar-refractivity contribution in [2.45, 2.75) is 88.2 Å². The number of rotatable bonds is 18. The Hall–Kier alpha value is -2.71. The van der Waals surface area contributed by atoms with Crippen molar-refractivity contribution in [1.29, 1.82) is 0 Å². The fourth-order valence-corrected chi connectivity index (χ4v) is 3.69. The van der Waals surface area contributed by atoms with Crippen molar-refractivity contribution in [2.24, 2.45) is 0 Å². The van der Waals surface area contributed by atoms with Crippen LogP contribution in [0.2, 0.25) is 0 Å². The van der Waals surface area contributed by atoms with E-state index in [4.69, 9.17) is 4.74 Å². The molecular formula is C27H31F11N2O2. The maximum atomic E-state index is 13.6. The Balaban J connectivity index is 1.77. The summed E-state index contributed by atoms with van der Waals surface area (Å²) in [6.45, 7) is -1.36. The molecule has 0 spiro atoms. The van der Waals surface area contributed by atoms with Gasteiger partial charge in [0.05, 0.1) is 13.2 Å². The molecule has 0 bridgehead atoms. The van der Waals surface area contributed by atoms with Gasteiger partial charge < -0.3 is 9.47 Å². The zero-order chi connectivity index (χ0) is 31.7. The third kappa shape index (κ3) is 8.66. The first-order chi connectivity index (χ1) is 19.5. The molecule has 0 fully saturated rings. The molecule has 0 N–H and O–H groups in total. The van der Waals surface area contributed by atoms with Gasteiger partial charge in [-0.25, -0.2) is 9.97 Å². The molecule has 1 heterocycles. The molecule has 0 amide bonds. The summed E-state index contributed by atoms with van der Waals surface area (Å²) in [5, 5.41) is 0. The molecule has 4 nitrogen and oxygen atoms in total. The predicted molar refractivity (Wildman–Crippen MR) is 131 cm³/mol. The standard InChI is InChI=1S/C27H31F11N2O2/c1-2-3-4-5-6-7-9-19-16-39-22(40-17-19)20-10-12-21(13-11-20)42-15-8-14-41-18-23(28,29)24(30,31)25(32,33)26(34,35)27(36,37)38/h10-13,16-17H,2-9,14-15,18H2,1H3. The van der Waals surface area contributed by atoms with Gasteiger partial charge in [-0.1, -0.05) is 39.0 Å². The van der Waals surface area contributed by atoms with E-state index >= 15 is 0 Å². The molecule has 0 unspecified atom stereocenters. The first-order valence-electron chi connectivity index (χ1n) is 13.2. The van der Waals surface area contributed by atoms with Crippen LogP contribution in [0.1, 0.15) is 57.4 Å². The Labute approximate surface area is 235 Å². The number of aryl methyl sites for hydroxylation is 1. The topological polar surface area (TPSA) is 44.2 Å². The highest BCUT2D eigenvalue weighted by Crippen LogP contribution is 2.57. The van der Waals surface area contributed by atoms with Gasteiger partial charge in [0.1, 0.15) is 12.4 Å². The van der Waals surface area contributed by atoms with Gasteiger partial charge in [0.15, 0.2) is 5.82 Å². The van der Waals surface area contributed by atoms with Gasteiger partial charge >= 0.3 is 29.9 Å². The van der Waals surface area contributed by atoms with Crippen molar-refractivity contribution < 1.29 is 57.8 Å². The van der Waals surface area contributed by atoms with Gasteiger partial charge in [0, 0.05) is 24.4 Å². The Morgan fingerprint density at radius 1 is 0.643 bits per heavy atom. The summed E-state index contributed by atoms with van der Waals surface area (Å²) in [5.74, 6) is -27.2. The van der Waals surface area contributed by atoms with E-state index in [9.17, 15) is 48.3 Å². The van der Waals surface area contributed by atoms with Crippen molar-refractivity contribution in [3.8, 4) is 17.1 Å². The van der Waals surface area contributed by atoms with E-state index in [0.717, 1.165) is 24.8 Å². The monoisotopic (exact) mass is 624 g/mol. The Morgan fingerprint density at radius 3 is 1.79 bits per heavy atom. The van der Waals surface area contributed by atoms with Crippen LogP contribution in [0, 0.1) is 0 Å². The summed E-state index contributed by atoms with van der Waals surface area (Å²) in [7, 11) is 0. The molecular weight excluding hydrogens is 593 g/mol. The van der Waals surface area contributed by atoms with E-state index in [-0.39, 0.29) is 13.0 Å². The number of hydrogen-bond donors (Lipinski definition) is 0. The van der Waals surface area contributed by atoms with Crippen molar-refractivity contribution in [3.63, 3.8) is 0 Å². The van der Waals surface area contributed by atoms with Crippen LogP contribution in [0.15, 0.2) is 36.7 Å². The number of halogens is 11. The lowest BCUT2D eigenvalue weighted by Gasteiger charge is -2.37. The molecule has 0 saturated carbocycles. The van der Waals surface area contributed by atoms with E-state index in [0.29, 0.717) is 17.1 Å². The van der Waals surface area contributed by atoms with Crippen LogP contribution in [0.5, 0.6) is 5.75 Å². The number of alkyl halides is 11. The summed E-state index contributed by atoms with van der Waals surface area (Å²) in [4.78, 5) is 8.71. The Morgan fingerprint density at radius 2 is 1.21 bits per heavy atom. The zero-order valence-corrected chi connectivity index (χ0v) is 22.6. The summed E-state index contributed by atoms with van der Waals surface area (Å²) < 4.78 is 152. The van der Waals surface area contributed by atoms with E-state index in [1.54, 1.807) is 36.7 Å². The molecule has 42 heavy (non-hydrogen) atoms. The minimum absolute atomic E-state index is 0.215. The first-order valence-corrected chi connectivity index (χ1v) is 13.2. The third-order valence-corrected chi connectivity index (χ3v) is 6.23. The molecule has 0 radical (unpaired) electrons. The minimum Gasteiger partial charge on any atom is -0.494 e.